The number of urea groups is 1. The predicted octanol–water partition coefficient (Wildman–Crippen LogP) is 5.40. The van der Waals surface area contributed by atoms with Crippen LogP contribution in [-0.2, 0) is 33.2 Å². The van der Waals surface area contributed by atoms with Crippen molar-refractivity contribution >= 4 is 17.7 Å². The second-order valence-corrected chi connectivity index (χ2v) is 22.0. The van der Waals surface area contributed by atoms with Gasteiger partial charge in [-0.05, 0) is 117 Å². The lowest BCUT2D eigenvalue weighted by Crippen LogP contribution is -2.70. The SMILES string of the molecule is CCCNC[C@]1(O)[C@H](C)O[C@@H](O[C@H]2[C@H](C)[C@@H](O[C@@H]3O[C@H](C)C[C@H](N(C)C(=O)N4CCOc5ccccc54)[C@H]3Oc3ccccc3)[C@](C)(O)C[C@@H](C)CN[C@H](C)[C@@H](O)[C@](C)(O)[C@@H](CC)OC(=O)[C@@H]2C)C[C@@]1(C)OC. The van der Waals surface area contributed by atoms with Gasteiger partial charge in [0.1, 0.15) is 47.1 Å². The van der Waals surface area contributed by atoms with Crippen molar-refractivity contribution in [3.05, 3.63) is 54.6 Å². The summed E-state index contributed by atoms with van der Waals surface area (Å²) in [5.41, 5.74) is -5.57. The summed E-state index contributed by atoms with van der Waals surface area (Å²) in [6.07, 6.45) is -7.66. The Morgan fingerprint density at radius 1 is 0.932 bits per heavy atom. The molecule has 6 N–H and O–H groups in total. The van der Waals surface area contributed by atoms with E-state index in [1.54, 1.807) is 51.5 Å². The summed E-state index contributed by atoms with van der Waals surface area (Å²) in [6.45, 7) is 21.5. The van der Waals surface area contributed by atoms with Gasteiger partial charge >= 0.3 is 12.0 Å². The monoisotopic (exact) mass is 1030 g/mol. The molecule has 18 atom stereocenters. The normalized spacial score (nSPS) is 40.0. The first kappa shape index (κ1) is 58.6. The molecule has 6 rings (SSSR count). The number of carbonyl (C=O) groups excluding carboxylic acids is 2. The quantitative estimate of drug-likeness (QED) is 0.109. The number of ether oxygens (including phenoxy) is 8. The lowest BCUT2D eigenvalue weighted by Gasteiger charge is -2.53. The van der Waals surface area contributed by atoms with E-state index in [0.29, 0.717) is 49.8 Å². The van der Waals surface area contributed by atoms with Crippen molar-refractivity contribution in [3.8, 4) is 11.5 Å². The Labute approximate surface area is 433 Å². The molecule has 0 radical (unpaired) electrons. The van der Waals surface area contributed by atoms with Crippen molar-refractivity contribution in [2.45, 2.75) is 198 Å². The van der Waals surface area contributed by atoms with Gasteiger partial charge in [-0.25, -0.2) is 4.79 Å². The minimum atomic E-state index is -1.86. The Balaban J connectivity index is 1.44. The van der Waals surface area contributed by atoms with E-state index in [1.807, 2.05) is 89.2 Å². The third-order valence-corrected chi connectivity index (χ3v) is 16.1. The number of hydrogen-bond donors (Lipinski definition) is 6. The first-order valence-corrected chi connectivity index (χ1v) is 26.6. The average molecular weight is 1030 g/mol. The number of benzene rings is 2. The standard InChI is InChI=1S/C55H88N4O14/c1-14-25-56-32-55(65)38(8)69-44(30-53(55,10)66-13)72-45-35(5)48(52(9,63)29-33(3)31-57-37(7)47(60)54(11,64)43(15-2)71-49(61)36(45)6)73-50-46(70-39-21-17-16-18-22-39)41(28-34(4)68-50)58(12)51(62)59-26-27-67-42-24-20-19-23-40(42)59/h16-24,33-38,41,43-48,50,56-57,60,63-65H,14-15,25-32H2,1-13H3/t33-,34-,35+,36-,37-,38+,41+,43-,44+,45+,46-,47-,48-,50+,52-,53-,54-,55+/m1/s1. The maximum Gasteiger partial charge on any atom is 0.324 e. The molecule has 4 aliphatic heterocycles. The summed E-state index contributed by atoms with van der Waals surface area (Å²) in [6, 6.07) is 15.1. The summed E-state index contributed by atoms with van der Waals surface area (Å²) < 4.78 is 52.7. The van der Waals surface area contributed by atoms with Crippen LogP contribution in [0.25, 0.3) is 0 Å². The van der Waals surface area contributed by atoms with Crippen molar-refractivity contribution in [1.82, 2.24) is 15.5 Å². The predicted molar refractivity (Wildman–Crippen MR) is 275 cm³/mol. The lowest BCUT2D eigenvalue weighted by molar-refractivity contribution is -0.335. The Bertz CT molecular complexity index is 2090. The third-order valence-electron chi connectivity index (χ3n) is 16.1. The van der Waals surface area contributed by atoms with E-state index < -0.39 is 108 Å². The molecular formula is C55H88N4O14. The Morgan fingerprint density at radius 2 is 1.62 bits per heavy atom. The van der Waals surface area contributed by atoms with E-state index in [4.69, 9.17) is 37.9 Å². The van der Waals surface area contributed by atoms with Gasteiger partial charge in [0.25, 0.3) is 0 Å². The molecule has 412 valence electrons. The molecule has 18 heteroatoms. The number of hydrogen-bond acceptors (Lipinski definition) is 16. The highest BCUT2D eigenvalue weighted by atomic mass is 16.7. The highest BCUT2D eigenvalue weighted by Gasteiger charge is 2.59. The number of carbonyl (C=O) groups is 2. The maximum absolute atomic E-state index is 14.8. The number of amides is 2. The second-order valence-electron chi connectivity index (χ2n) is 22.0. The van der Waals surface area contributed by atoms with Crippen LogP contribution in [0.15, 0.2) is 54.6 Å². The lowest BCUT2D eigenvalue weighted by atomic mass is 9.75. The number of fused-ring (bicyclic) bond motifs is 1. The number of nitrogens with one attached hydrogen (secondary N) is 2. The third kappa shape index (κ3) is 13.0. The molecule has 18 nitrogen and oxygen atoms in total. The summed E-state index contributed by atoms with van der Waals surface area (Å²) in [5, 5.41) is 55.6. The van der Waals surface area contributed by atoms with Crippen molar-refractivity contribution in [2.24, 2.45) is 17.8 Å². The molecule has 0 saturated carbocycles. The van der Waals surface area contributed by atoms with E-state index in [9.17, 15) is 30.0 Å². The van der Waals surface area contributed by atoms with E-state index in [1.165, 1.54) is 14.0 Å². The van der Waals surface area contributed by atoms with E-state index in [0.717, 1.165) is 6.42 Å². The fourth-order valence-electron chi connectivity index (χ4n) is 11.5. The smallest absolute Gasteiger partial charge is 0.324 e. The molecule has 0 unspecified atom stereocenters. The number of likely N-dealkylation sites (N-methyl/N-ethyl adjacent to an activating group) is 1. The average Bonchev–Trinajstić information content (AvgIpc) is 3.36. The van der Waals surface area contributed by atoms with Crippen molar-refractivity contribution < 1.29 is 67.9 Å². The zero-order valence-electron chi connectivity index (χ0n) is 45.6. The Hall–Kier alpha value is -3.66. The molecule has 2 amide bonds. The van der Waals surface area contributed by atoms with Crippen LogP contribution in [-0.4, -0.2) is 174 Å². The highest BCUT2D eigenvalue weighted by Crippen LogP contribution is 2.44. The fraction of sp³-hybridized carbons (Fsp3) is 0.745. The van der Waals surface area contributed by atoms with Crippen LogP contribution in [0.4, 0.5) is 10.5 Å². The van der Waals surface area contributed by atoms with Crippen molar-refractivity contribution in [2.75, 3.05) is 51.8 Å². The number of aliphatic hydroxyl groups is 4. The molecule has 0 bridgehead atoms. The minimum Gasteiger partial charge on any atom is -0.490 e. The van der Waals surface area contributed by atoms with Gasteiger partial charge in [-0.3, -0.25) is 9.69 Å². The fourth-order valence-corrected chi connectivity index (χ4v) is 11.5. The van der Waals surface area contributed by atoms with Crippen LogP contribution in [0.2, 0.25) is 0 Å². The largest absolute Gasteiger partial charge is 0.490 e. The van der Waals surface area contributed by atoms with Gasteiger partial charge in [-0.15, -0.1) is 0 Å². The molecule has 0 spiro atoms. The van der Waals surface area contributed by atoms with Crippen LogP contribution in [0, 0.1) is 17.8 Å². The zero-order chi connectivity index (χ0) is 53.6. The molecule has 0 aromatic heterocycles. The van der Waals surface area contributed by atoms with Gasteiger partial charge in [0, 0.05) is 39.1 Å². The molecule has 3 saturated heterocycles. The van der Waals surface area contributed by atoms with Crippen molar-refractivity contribution in [1.29, 1.82) is 0 Å². The molecule has 2 aromatic carbocycles. The van der Waals surface area contributed by atoms with Crippen LogP contribution in [0.1, 0.15) is 108 Å². The molecule has 4 aliphatic rings. The van der Waals surface area contributed by atoms with Crippen LogP contribution >= 0.6 is 0 Å². The molecule has 2 aromatic rings. The van der Waals surface area contributed by atoms with Crippen LogP contribution < -0.4 is 25.0 Å². The molecule has 4 heterocycles. The molecule has 3 fully saturated rings. The van der Waals surface area contributed by atoms with E-state index >= 15 is 0 Å². The number of cyclic esters (lactones) is 1. The van der Waals surface area contributed by atoms with Gasteiger partial charge in [0.05, 0.1) is 54.2 Å². The number of methoxy groups -OCH3 is 1. The van der Waals surface area contributed by atoms with Crippen LogP contribution in [0.5, 0.6) is 11.5 Å². The van der Waals surface area contributed by atoms with Gasteiger partial charge in [0.2, 0.25) is 0 Å². The molecule has 0 aliphatic carbocycles. The first-order chi connectivity index (χ1) is 34.4. The van der Waals surface area contributed by atoms with Gasteiger partial charge < -0.3 is 73.9 Å². The maximum atomic E-state index is 14.8. The molecular weight excluding hydrogens is 941 g/mol. The first-order valence-electron chi connectivity index (χ1n) is 26.6. The number of esters is 1. The number of aliphatic hydroxyl groups excluding tert-OH is 1. The summed E-state index contributed by atoms with van der Waals surface area (Å²) in [4.78, 5) is 32.9. The van der Waals surface area contributed by atoms with E-state index in [2.05, 4.69) is 10.6 Å². The summed E-state index contributed by atoms with van der Waals surface area (Å²) in [7, 11) is 3.28. The van der Waals surface area contributed by atoms with E-state index in [-0.39, 0.29) is 37.8 Å². The topological polar surface area (TPSA) is 219 Å². The number of anilines is 1. The summed E-state index contributed by atoms with van der Waals surface area (Å²) >= 11 is 0. The van der Waals surface area contributed by atoms with Gasteiger partial charge in [-0.1, -0.05) is 58.0 Å². The number of rotatable bonds is 13. The number of nitrogens with zero attached hydrogens (tertiary/aromatic N) is 2. The minimum absolute atomic E-state index is 0.0516. The summed E-state index contributed by atoms with van der Waals surface area (Å²) in [5.74, 6) is -1.83. The number of para-hydroxylation sites is 3. The van der Waals surface area contributed by atoms with Crippen LogP contribution in [0.3, 0.4) is 0 Å². The van der Waals surface area contributed by atoms with Crippen molar-refractivity contribution in [3.63, 3.8) is 0 Å². The second kappa shape index (κ2) is 24.6. The zero-order valence-corrected chi connectivity index (χ0v) is 45.6. The Kier molecular flexibility index (Phi) is 19.7. The van der Waals surface area contributed by atoms with Gasteiger partial charge in [-0.2, -0.15) is 0 Å². The highest BCUT2D eigenvalue weighted by molar-refractivity contribution is 5.94. The van der Waals surface area contributed by atoms with Gasteiger partial charge in [0.15, 0.2) is 18.7 Å². The molecule has 73 heavy (non-hydrogen) atoms. The Morgan fingerprint density at radius 3 is 2.29 bits per heavy atom.